The van der Waals surface area contributed by atoms with Crippen LogP contribution in [0.5, 0.6) is 0 Å². The quantitative estimate of drug-likeness (QED) is 0.159. The summed E-state index contributed by atoms with van der Waals surface area (Å²) in [5.74, 6) is 1.85. The molecule has 0 saturated heterocycles. The first kappa shape index (κ1) is 32.7. The Morgan fingerprint density at radius 2 is 1.06 bits per heavy atom. The molecule has 0 N–H and O–H groups in total. The Hall–Kier alpha value is -4.72. The third kappa shape index (κ3) is 5.07. The van der Waals surface area contributed by atoms with Crippen LogP contribution in [0.3, 0.4) is 0 Å². The highest BCUT2D eigenvalue weighted by atomic mass is 32.1. The number of allylic oxidation sites excluding steroid dienone is 1. The lowest BCUT2D eigenvalue weighted by Crippen LogP contribution is -2.13. The van der Waals surface area contributed by atoms with E-state index in [0.29, 0.717) is 17.8 Å². The molecule has 2 saturated carbocycles. The van der Waals surface area contributed by atoms with Crippen molar-refractivity contribution < 1.29 is 0 Å². The van der Waals surface area contributed by atoms with E-state index in [4.69, 9.17) is 0 Å². The van der Waals surface area contributed by atoms with Crippen molar-refractivity contribution in [1.82, 2.24) is 0 Å². The molecular formula is C53H48S. The lowest BCUT2D eigenvalue weighted by Gasteiger charge is -2.32. The van der Waals surface area contributed by atoms with Crippen LogP contribution >= 0.6 is 11.3 Å². The smallest absolute Gasteiger partial charge is 0.0361 e. The van der Waals surface area contributed by atoms with Gasteiger partial charge in [0.2, 0.25) is 0 Å². The number of fused-ring (bicyclic) bond motifs is 7. The maximum Gasteiger partial charge on any atom is 0.0361 e. The summed E-state index contributed by atoms with van der Waals surface area (Å²) >= 11 is 1.97. The van der Waals surface area contributed by atoms with Gasteiger partial charge in [0.15, 0.2) is 0 Å². The van der Waals surface area contributed by atoms with Crippen molar-refractivity contribution >= 4 is 69.9 Å². The van der Waals surface area contributed by atoms with E-state index in [1.54, 1.807) is 16.7 Å². The molecule has 0 bridgehead atoms. The fourth-order valence-corrected chi connectivity index (χ4v) is 12.5. The van der Waals surface area contributed by atoms with Crippen LogP contribution in [-0.2, 0) is 0 Å². The third-order valence-corrected chi connectivity index (χ3v) is 14.8. The summed E-state index contributed by atoms with van der Waals surface area (Å²) in [5.41, 5.74) is 11.9. The van der Waals surface area contributed by atoms with Crippen molar-refractivity contribution in [2.75, 3.05) is 0 Å². The molecule has 11 rings (SSSR count). The van der Waals surface area contributed by atoms with E-state index in [1.807, 2.05) is 11.3 Å². The standard InChI is InChI=1S/C53H48S/c1-33-16-14-27-44-48(33)51(35-19-6-3-7-20-35)40-24-11-8-21-37(40)50(44)36-30-31-43-47(32-36)54-46-29-15-28-45(53(43)46)52-41-25-12-9-22-38(41)49(34-17-4-2-5-18-34)39-23-10-13-26-42(39)52/h8-15,21-35H,2-7,16-20H2,1H3. The van der Waals surface area contributed by atoms with E-state index in [2.05, 4.69) is 128 Å². The number of rotatable bonds is 4. The minimum Gasteiger partial charge on any atom is -0.135 e. The molecule has 0 spiro atoms. The van der Waals surface area contributed by atoms with Crippen LogP contribution in [0.15, 0.2) is 115 Å². The Bertz CT molecular complexity index is 2720. The van der Waals surface area contributed by atoms with Gasteiger partial charge in [0, 0.05) is 20.2 Å². The Kier molecular flexibility index (Phi) is 8.02. The van der Waals surface area contributed by atoms with Crippen molar-refractivity contribution in [3.05, 3.63) is 138 Å². The van der Waals surface area contributed by atoms with Crippen LogP contribution < -0.4 is 0 Å². The molecule has 0 radical (unpaired) electrons. The highest BCUT2D eigenvalue weighted by Crippen LogP contribution is 2.52. The van der Waals surface area contributed by atoms with E-state index < -0.39 is 0 Å². The molecule has 0 nitrogen and oxygen atoms in total. The molecule has 3 aliphatic rings. The van der Waals surface area contributed by atoms with Gasteiger partial charge in [0.1, 0.15) is 0 Å². The van der Waals surface area contributed by atoms with Gasteiger partial charge in [-0.05, 0) is 139 Å². The molecule has 7 aromatic carbocycles. The average Bonchev–Trinajstić information content (AvgIpc) is 3.61. The van der Waals surface area contributed by atoms with E-state index in [1.165, 1.54) is 145 Å². The molecule has 2 fully saturated rings. The predicted molar refractivity (Wildman–Crippen MR) is 236 cm³/mol. The monoisotopic (exact) mass is 716 g/mol. The second kappa shape index (κ2) is 13.2. The van der Waals surface area contributed by atoms with E-state index in [0.717, 1.165) is 6.42 Å². The molecule has 266 valence electrons. The maximum atomic E-state index is 2.53. The highest BCUT2D eigenvalue weighted by molar-refractivity contribution is 7.26. The summed E-state index contributed by atoms with van der Waals surface area (Å²) in [4.78, 5) is 0. The van der Waals surface area contributed by atoms with Crippen LogP contribution in [0, 0.1) is 0 Å². The summed E-state index contributed by atoms with van der Waals surface area (Å²) in [6.45, 7) is 2.47. The highest BCUT2D eigenvalue weighted by Gasteiger charge is 2.30. The predicted octanol–water partition coefficient (Wildman–Crippen LogP) is 16.5. The molecule has 0 aliphatic heterocycles. The zero-order valence-corrected chi connectivity index (χ0v) is 32.3. The summed E-state index contributed by atoms with van der Waals surface area (Å²) < 4.78 is 2.75. The minimum absolute atomic E-state index is 0.537. The molecule has 1 aromatic heterocycles. The van der Waals surface area contributed by atoms with Crippen LogP contribution in [0.1, 0.15) is 118 Å². The SMILES string of the molecule is CC1CC=Cc2c1c(C1CCCCC1)c1ccccc1c2-c1ccc2c(c1)sc1cccc(-c3c4ccccc4c(C4CCCCC4)c4ccccc34)c12. The van der Waals surface area contributed by atoms with Gasteiger partial charge in [-0.25, -0.2) is 0 Å². The molecular weight excluding hydrogens is 669 g/mol. The summed E-state index contributed by atoms with van der Waals surface area (Å²) in [7, 11) is 0. The Labute approximate surface area is 323 Å². The van der Waals surface area contributed by atoms with Gasteiger partial charge in [-0.15, -0.1) is 11.3 Å². The first-order valence-electron chi connectivity index (χ1n) is 20.9. The van der Waals surface area contributed by atoms with Gasteiger partial charge < -0.3 is 0 Å². The van der Waals surface area contributed by atoms with Crippen LogP contribution in [-0.4, -0.2) is 0 Å². The number of thiophene rings is 1. The molecule has 1 atom stereocenters. The maximum absolute atomic E-state index is 2.53. The fraction of sp³-hybridized carbons (Fsp3) is 0.283. The fourth-order valence-electron chi connectivity index (χ4n) is 11.3. The second-order valence-electron chi connectivity index (χ2n) is 16.7. The molecule has 3 aliphatic carbocycles. The number of hydrogen-bond acceptors (Lipinski definition) is 1. The second-order valence-corrected chi connectivity index (χ2v) is 17.8. The summed E-state index contributed by atoms with van der Waals surface area (Å²) in [6, 6.07) is 42.5. The Morgan fingerprint density at radius 1 is 0.481 bits per heavy atom. The zero-order valence-electron chi connectivity index (χ0n) is 31.5. The van der Waals surface area contributed by atoms with Crippen LogP contribution in [0.25, 0.3) is 80.8 Å². The first-order valence-corrected chi connectivity index (χ1v) is 21.7. The molecule has 1 heterocycles. The normalized spacial score (nSPS) is 18.4. The van der Waals surface area contributed by atoms with Gasteiger partial charge in [0.25, 0.3) is 0 Å². The van der Waals surface area contributed by atoms with Crippen LogP contribution in [0.2, 0.25) is 0 Å². The molecule has 0 amide bonds. The van der Waals surface area contributed by atoms with Crippen molar-refractivity contribution in [3.63, 3.8) is 0 Å². The van der Waals surface area contributed by atoms with Crippen molar-refractivity contribution in [2.45, 2.75) is 95.3 Å². The van der Waals surface area contributed by atoms with E-state index >= 15 is 0 Å². The van der Waals surface area contributed by atoms with E-state index in [-0.39, 0.29) is 0 Å². The number of hydrogen-bond donors (Lipinski definition) is 0. The lowest BCUT2D eigenvalue weighted by molar-refractivity contribution is 0.442. The minimum atomic E-state index is 0.537. The van der Waals surface area contributed by atoms with Gasteiger partial charge in [-0.1, -0.05) is 155 Å². The largest absolute Gasteiger partial charge is 0.135 e. The van der Waals surface area contributed by atoms with Crippen molar-refractivity contribution in [1.29, 1.82) is 0 Å². The summed E-state index contributed by atoms with van der Waals surface area (Å²) in [5, 5.41) is 11.4. The van der Waals surface area contributed by atoms with Gasteiger partial charge >= 0.3 is 0 Å². The molecule has 8 aromatic rings. The number of benzene rings is 7. The Morgan fingerprint density at radius 3 is 1.70 bits per heavy atom. The summed E-state index contributed by atoms with van der Waals surface area (Å²) in [6.07, 6.45) is 19.5. The molecule has 1 heteroatoms. The van der Waals surface area contributed by atoms with Crippen molar-refractivity contribution in [3.8, 4) is 22.3 Å². The van der Waals surface area contributed by atoms with Crippen molar-refractivity contribution in [2.24, 2.45) is 0 Å². The van der Waals surface area contributed by atoms with Gasteiger partial charge in [0.05, 0.1) is 0 Å². The van der Waals surface area contributed by atoms with Crippen LogP contribution in [0.4, 0.5) is 0 Å². The molecule has 1 unspecified atom stereocenters. The topological polar surface area (TPSA) is 0 Å². The van der Waals surface area contributed by atoms with Gasteiger partial charge in [-0.3, -0.25) is 0 Å². The Balaban J connectivity index is 1.14. The zero-order chi connectivity index (χ0) is 35.8. The molecule has 54 heavy (non-hydrogen) atoms. The third-order valence-electron chi connectivity index (χ3n) is 13.7. The van der Waals surface area contributed by atoms with E-state index in [9.17, 15) is 0 Å². The first-order chi connectivity index (χ1) is 26.7. The van der Waals surface area contributed by atoms with Gasteiger partial charge in [-0.2, -0.15) is 0 Å². The average molecular weight is 717 g/mol. The lowest BCUT2D eigenvalue weighted by atomic mass is 9.72.